The van der Waals surface area contributed by atoms with Crippen LogP contribution in [0, 0.1) is 13.8 Å². The van der Waals surface area contributed by atoms with Gasteiger partial charge in [0.15, 0.2) is 0 Å². The summed E-state index contributed by atoms with van der Waals surface area (Å²) in [6, 6.07) is -0.672. The lowest BCUT2D eigenvalue weighted by molar-refractivity contribution is -0.136. The van der Waals surface area contributed by atoms with Gasteiger partial charge in [-0.3, -0.25) is 9.59 Å². The lowest BCUT2D eigenvalue weighted by atomic mass is 10.1. The Hall–Kier alpha value is -2.35. The molecule has 1 fully saturated rings. The topological polar surface area (TPSA) is 101 Å². The van der Waals surface area contributed by atoms with Crippen LogP contribution in [0.2, 0.25) is 0 Å². The van der Waals surface area contributed by atoms with E-state index in [1.165, 1.54) is 0 Å². The predicted molar refractivity (Wildman–Crippen MR) is 95.1 cm³/mol. The number of carbonyl (C=O) groups is 3. The van der Waals surface area contributed by atoms with Crippen LogP contribution in [0.25, 0.3) is 0 Å². The van der Waals surface area contributed by atoms with Gasteiger partial charge in [-0.15, -0.1) is 0 Å². The van der Waals surface area contributed by atoms with Crippen molar-refractivity contribution < 1.29 is 23.9 Å². The average Bonchev–Trinajstić information content (AvgIpc) is 2.88. The standard InChI is InChI=1S/C18H27N3O5/c1-10(2)26-18(24)14-11(3)15(19-12(14)4)16(22)20-13(5)17(23)21-6-8-25-9-7-21/h10,13,19H,6-9H2,1-5H3,(H,20,22). The smallest absolute Gasteiger partial charge is 0.340 e. The number of morpholine rings is 1. The van der Waals surface area contributed by atoms with Crippen molar-refractivity contribution in [1.82, 2.24) is 15.2 Å². The fourth-order valence-electron chi connectivity index (χ4n) is 2.94. The molecular weight excluding hydrogens is 338 g/mol. The molecule has 0 bridgehead atoms. The SMILES string of the molecule is Cc1[nH]c(C(=O)NC(C)C(=O)N2CCOCC2)c(C)c1C(=O)OC(C)C. The number of esters is 1. The van der Waals surface area contributed by atoms with Crippen LogP contribution in [0.4, 0.5) is 0 Å². The number of aromatic amines is 1. The van der Waals surface area contributed by atoms with E-state index >= 15 is 0 Å². The molecule has 1 saturated heterocycles. The highest BCUT2D eigenvalue weighted by atomic mass is 16.5. The second-order valence-electron chi connectivity index (χ2n) is 6.71. The summed E-state index contributed by atoms with van der Waals surface area (Å²) in [5.41, 5.74) is 1.69. The molecule has 0 saturated carbocycles. The largest absolute Gasteiger partial charge is 0.459 e. The highest BCUT2D eigenvalue weighted by Gasteiger charge is 2.27. The predicted octanol–water partition coefficient (Wildman–Crippen LogP) is 1.17. The number of hydrogen-bond acceptors (Lipinski definition) is 5. The molecule has 8 nitrogen and oxygen atoms in total. The Labute approximate surface area is 153 Å². The summed E-state index contributed by atoms with van der Waals surface area (Å²) in [6.07, 6.45) is -0.250. The highest BCUT2D eigenvalue weighted by Crippen LogP contribution is 2.20. The molecule has 2 heterocycles. The fourth-order valence-corrected chi connectivity index (χ4v) is 2.94. The zero-order valence-corrected chi connectivity index (χ0v) is 16.0. The summed E-state index contributed by atoms with van der Waals surface area (Å²) in [7, 11) is 0. The van der Waals surface area contributed by atoms with Gasteiger partial charge < -0.3 is 24.7 Å². The highest BCUT2D eigenvalue weighted by molar-refractivity contribution is 6.02. The van der Waals surface area contributed by atoms with Gasteiger partial charge in [0, 0.05) is 18.8 Å². The minimum absolute atomic E-state index is 0.151. The molecule has 144 valence electrons. The minimum atomic E-state index is -0.672. The summed E-state index contributed by atoms with van der Waals surface area (Å²) in [5, 5.41) is 2.70. The van der Waals surface area contributed by atoms with Gasteiger partial charge >= 0.3 is 5.97 Å². The molecular formula is C18H27N3O5. The molecule has 2 amide bonds. The number of rotatable bonds is 5. The molecule has 2 rings (SSSR count). The van der Waals surface area contributed by atoms with E-state index in [2.05, 4.69) is 10.3 Å². The van der Waals surface area contributed by atoms with Crippen LogP contribution >= 0.6 is 0 Å². The Morgan fingerprint density at radius 1 is 1.15 bits per heavy atom. The monoisotopic (exact) mass is 365 g/mol. The van der Waals surface area contributed by atoms with Crippen LogP contribution in [0.1, 0.15) is 52.9 Å². The third kappa shape index (κ3) is 4.43. The number of aromatic nitrogens is 1. The van der Waals surface area contributed by atoms with Crippen molar-refractivity contribution in [3.05, 3.63) is 22.5 Å². The van der Waals surface area contributed by atoms with E-state index in [0.717, 1.165) is 0 Å². The number of carbonyl (C=O) groups excluding carboxylic acids is 3. The molecule has 2 N–H and O–H groups in total. The van der Waals surface area contributed by atoms with Gasteiger partial charge in [0.2, 0.25) is 5.91 Å². The second-order valence-corrected chi connectivity index (χ2v) is 6.71. The summed E-state index contributed by atoms with van der Waals surface area (Å²) < 4.78 is 10.5. The van der Waals surface area contributed by atoms with Crippen molar-refractivity contribution in [2.45, 2.75) is 46.8 Å². The van der Waals surface area contributed by atoms with Gasteiger partial charge in [-0.1, -0.05) is 0 Å². The van der Waals surface area contributed by atoms with Gasteiger partial charge in [0.05, 0.1) is 24.9 Å². The average molecular weight is 365 g/mol. The first kappa shape index (κ1) is 20.0. The van der Waals surface area contributed by atoms with Crippen LogP contribution in [-0.4, -0.2) is 66.1 Å². The maximum absolute atomic E-state index is 12.6. The quantitative estimate of drug-likeness (QED) is 0.763. The third-order valence-electron chi connectivity index (χ3n) is 4.25. The van der Waals surface area contributed by atoms with Crippen molar-refractivity contribution in [2.24, 2.45) is 0 Å². The Morgan fingerprint density at radius 3 is 2.35 bits per heavy atom. The van der Waals surface area contributed by atoms with E-state index in [4.69, 9.17) is 9.47 Å². The maximum Gasteiger partial charge on any atom is 0.340 e. The maximum atomic E-state index is 12.6. The summed E-state index contributed by atoms with van der Waals surface area (Å²) in [6.45, 7) is 10.6. The Morgan fingerprint density at radius 2 is 1.77 bits per heavy atom. The third-order valence-corrected chi connectivity index (χ3v) is 4.25. The summed E-state index contributed by atoms with van der Waals surface area (Å²) in [5.74, 6) is -1.05. The number of nitrogens with zero attached hydrogens (tertiary/aromatic N) is 1. The van der Waals surface area contributed by atoms with Crippen molar-refractivity contribution in [1.29, 1.82) is 0 Å². The van der Waals surface area contributed by atoms with Crippen LogP contribution in [0.15, 0.2) is 0 Å². The van der Waals surface area contributed by atoms with Crippen LogP contribution in [-0.2, 0) is 14.3 Å². The van der Waals surface area contributed by atoms with Gasteiger partial charge in [0.1, 0.15) is 11.7 Å². The van der Waals surface area contributed by atoms with Crippen LogP contribution in [0.3, 0.4) is 0 Å². The molecule has 1 atom stereocenters. The number of H-pyrrole nitrogens is 1. The lowest BCUT2D eigenvalue weighted by Gasteiger charge is -2.29. The van der Waals surface area contributed by atoms with Gasteiger partial charge in [-0.25, -0.2) is 4.79 Å². The Balaban J connectivity index is 2.09. The molecule has 0 aliphatic carbocycles. The molecule has 1 unspecified atom stereocenters. The number of hydrogen-bond donors (Lipinski definition) is 2. The van der Waals surface area contributed by atoms with Crippen molar-refractivity contribution in [2.75, 3.05) is 26.3 Å². The van der Waals surface area contributed by atoms with Gasteiger partial charge in [0.25, 0.3) is 5.91 Å². The molecule has 26 heavy (non-hydrogen) atoms. The summed E-state index contributed by atoms with van der Waals surface area (Å²) in [4.78, 5) is 41.8. The zero-order chi connectivity index (χ0) is 19.4. The van der Waals surface area contributed by atoms with E-state index in [0.29, 0.717) is 43.1 Å². The zero-order valence-electron chi connectivity index (χ0n) is 16.0. The van der Waals surface area contributed by atoms with Crippen molar-refractivity contribution in [3.8, 4) is 0 Å². The van der Waals surface area contributed by atoms with Crippen molar-refractivity contribution >= 4 is 17.8 Å². The summed E-state index contributed by atoms with van der Waals surface area (Å²) >= 11 is 0. The Bertz CT molecular complexity index is 689. The van der Waals surface area contributed by atoms with E-state index in [1.807, 2.05) is 0 Å². The lowest BCUT2D eigenvalue weighted by Crippen LogP contribution is -2.50. The van der Waals surface area contributed by atoms with E-state index in [1.54, 1.807) is 39.5 Å². The van der Waals surface area contributed by atoms with Gasteiger partial charge in [-0.2, -0.15) is 0 Å². The number of amides is 2. The molecule has 8 heteroatoms. The van der Waals surface area contributed by atoms with E-state index < -0.39 is 17.9 Å². The first-order valence-electron chi connectivity index (χ1n) is 8.80. The minimum Gasteiger partial charge on any atom is -0.459 e. The van der Waals surface area contributed by atoms with Crippen molar-refractivity contribution in [3.63, 3.8) is 0 Å². The molecule has 0 radical (unpaired) electrons. The molecule has 1 aliphatic heterocycles. The normalized spacial score (nSPS) is 15.7. The van der Waals surface area contributed by atoms with E-state index in [-0.39, 0.29) is 17.7 Å². The Kier molecular flexibility index (Phi) is 6.42. The number of nitrogens with one attached hydrogen (secondary N) is 2. The molecule has 1 aromatic rings. The number of aryl methyl sites for hydroxylation is 1. The molecule has 1 aromatic heterocycles. The fraction of sp³-hybridized carbons (Fsp3) is 0.611. The molecule has 0 aromatic carbocycles. The second kappa shape index (κ2) is 8.35. The molecule has 1 aliphatic rings. The van der Waals surface area contributed by atoms with Crippen LogP contribution < -0.4 is 5.32 Å². The molecule has 0 spiro atoms. The van der Waals surface area contributed by atoms with Gasteiger partial charge in [-0.05, 0) is 40.2 Å². The first-order valence-corrected chi connectivity index (χ1v) is 8.80. The number of ether oxygens (including phenoxy) is 2. The van der Waals surface area contributed by atoms with E-state index in [9.17, 15) is 14.4 Å². The first-order chi connectivity index (χ1) is 12.2. The van der Waals surface area contributed by atoms with Crippen LogP contribution in [0.5, 0.6) is 0 Å².